The monoisotopic (exact) mass is 391 g/mol. The molecule has 0 bridgehead atoms. The van der Waals surface area contributed by atoms with E-state index in [0.717, 1.165) is 0 Å². The van der Waals surface area contributed by atoms with Gasteiger partial charge in [0.15, 0.2) is 11.0 Å². The van der Waals surface area contributed by atoms with Gasteiger partial charge in [-0.15, -0.1) is 0 Å². The summed E-state index contributed by atoms with van der Waals surface area (Å²) < 4.78 is 0. The van der Waals surface area contributed by atoms with Crippen LogP contribution < -0.4 is 11.1 Å². The van der Waals surface area contributed by atoms with Crippen molar-refractivity contribution in [2.75, 3.05) is 18.9 Å². The quantitative estimate of drug-likeness (QED) is 0.599. The van der Waals surface area contributed by atoms with Crippen LogP contribution in [0.3, 0.4) is 0 Å². The number of non-ortho nitro benzene ring substituents is 1. The number of hydrogen-bond acceptors (Lipinski definition) is 6. The summed E-state index contributed by atoms with van der Waals surface area (Å²) >= 11 is 0. The van der Waals surface area contributed by atoms with Gasteiger partial charge in [-0.2, -0.15) is 5.26 Å². The van der Waals surface area contributed by atoms with Gasteiger partial charge in [-0.1, -0.05) is 30.3 Å². The number of nitrogens with one attached hydrogen (secondary N) is 1. The fourth-order valence-electron chi connectivity index (χ4n) is 4.89. The lowest BCUT2D eigenvalue weighted by Crippen LogP contribution is -2.60. The molecule has 3 atom stereocenters. The molecule has 1 fully saturated rings. The van der Waals surface area contributed by atoms with Crippen molar-refractivity contribution < 1.29 is 14.5 Å². The Labute approximate surface area is 165 Å². The first-order valence-electron chi connectivity index (χ1n) is 8.88. The smallest absolute Gasteiger partial charge is 0.269 e. The number of rotatable bonds is 3. The lowest BCUT2D eigenvalue weighted by molar-refractivity contribution is -0.384. The SMILES string of the molecule is CN1CC(c2cccc([N+](=O)[O-])c2)C(C#N)(C(N)=O)C12C(=O)Nc1ccccc12. The number of carbonyl (C=O) groups is 2. The molecule has 3 N–H and O–H groups in total. The molecule has 0 aliphatic carbocycles. The van der Waals surface area contributed by atoms with Crippen molar-refractivity contribution in [3.05, 3.63) is 69.8 Å². The number of amides is 2. The molecule has 0 aromatic heterocycles. The number of likely N-dealkylation sites (N-methyl/N-ethyl adjacent to an activating group) is 1. The minimum Gasteiger partial charge on any atom is -0.368 e. The zero-order valence-corrected chi connectivity index (χ0v) is 15.5. The summed E-state index contributed by atoms with van der Waals surface area (Å²) in [6.45, 7) is 0.138. The highest BCUT2D eigenvalue weighted by Crippen LogP contribution is 2.61. The third-order valence-corrected chi connectivity index (χ3v) is 6.06. The topological polar surface area (TPSA) is 142 Å². The first-order valence-corrected chi connectivity index (χ1v) is 8.88. The highest BCUT2D eigenvalue weighted by molar-refractivity contribution is 6.11. The molecule has 146 valence electrons. The maximum Gasteiger partial charge on any atom is 0.269 e. The largest absolute Gasteiger partial charge is 0.368 e. The van der Waals surface area contributed by atoms with Crippen molar-refractivity contribution in [3.8, 4) is 6.07 Å². The van der Waals surface area contributed by atoms with E-state index >= 15 is 0 Å². The second-order valence-electron chi connectivity index (χ2n) is 7.28. The number of nitro groups is 1. The molecule has 2 aliphatic heterocycles. The summed E-state index contributed by atoms with van der Waals surface area (Å²) in [7, 11) is 1.65. The van der Waals surface area contributed by atoms with Gasteiger partial charge in [-0.25, -0.2) is 0 Å². The first-order chi connectivity index (χ1) is 13.8. The van der Waals surface area contributed by atoms with E-state index in [1.807, 2.05) is 0 Å². The molecule has 2 aromatic rings. The molecule has 29 heavy (non-hydrogen) atoms. The Balaban J connectivity index is 2.02. The minimum absolute atomic E-state index is 0.138. The maximum absolute atomic E-state index is 13.3. The number of likely N-dealkylation sites (tertiary alicyclic amines) is 1. The van der Waals surface area contributed by atoms with Crippen LogP contribution in [0, 0.1) is 26.9 Å². The average Bonchev–Trinajstić information content (AvgIpc) is 3.16. The van der Waals surface area contributed by atoms with E-state index < -0.39 is 33.6 Å². The average molecular weight is 391 g/mol. The first kappa shape index (κ1) is 18.6. The van der Waals surface area contributed by atoms with Gasteiger partial charge < -0.3 is 11.1 Å². The molecule has 9 heteroatoms. The van der Waals surface area contributed by atoms with Crippen LogP contribution in [0.25, 0.3) is 0 Å². The van der Waals surface area contributed by atoms with Gasteiger partial charge in [0.25, 0.3) is 11.6 Å². The van der Waals surface area contributed by atoms with Crippen molar-refractivity contribution >= 4 is 23.2 Å². The molecule has 2 aromatic carbocycles. The molecule has 4 rings (SSSR count). The molecule has 1 spiro atoms. The molecule has 2 heterocycles. The zero-order valence-electron chi connectivity index (χ0n) is 15.5. The van der Waals surface area contributed by atoms with E-state index in [4.69, 9.17) is 5.73 Å². The Hall–Kier alpha value is -3.77. The van der Waals surface area contributed by atoms with Crippen LogP contribution in [0.2, 0.25) is 0 Å². The molecule has 9 nitrogen and oxygen atoms in total. The number of nitrogens with two attached hydrogens (primary N) is 1. The number of fused-ring (bicyclic) bond motifs is 2. The highest BCUT2D eigenvalue weighted by Gasteiger charge is 2.74. The fourth-order valence-corrected chi connectivity index (χ4v) is 4.89. The fraction of sp³-hybridized carbons (Fsp3) is 0.250. The normalized spacial score (nSPS) is 28.0. The Morgan fingerprint density at radius 2 is 2.07 bits per heavy atom. The van der Waals surface area contributed by atoms with E-state index in [2.05, 4.69) is 11.4 Å². The predicted molar refractivity (Wildman–Crippen MR) is 102 cm³/mol. The summed E-state index contributed by atoms with van der Waals surface area (Å²) in [5.41, 5.74) is 3.43. The molecule has 0 saturated carbocycles. The van der Waals surface area contributed by atoms with Gasteiger partial charge in [0.1, 0.15) is 0 Å². The van der Waals surface area contributed by atoms with Crippen molar-refractivity contribution in [2.24, 2.45) is 11.1 Å². The molecular formula is C20H17N5O4. The number of anilines is 1. The second-order valence-corrected chi connectivity index (χ2v) is 7.28. The summed E-state index contributed by atoms with van der Waals surface area (Å²) in [5.74, 6) is -2.31. The van der Waals surface area contributed by atoms with Gasteiger partial charge >= 0.3 is 0 Å². The van der Waals surface area contributed by atoms with Crippen molar-refractivity contribution in [1.29, 1.82) is 5.26 Å². The van der Waals surface area contributed by atoms with Crippen molar-refractivity contribution in [1.82, 2.24) is 4.90 Å². The highest BCUT2D eigenvalue weighted by atomic mass is 16.6. The molecule has 2 aliphatic rings. The third-order valence-electron chi connectivity index (χ3n) is 6.06. The van der Waals surface area contributed by atoms with Crippen LogP contribution in [-0.4, -0.2) is 35.2 Å². The van der Waals surface area contributed by atoms with Crippen LogP contribution in [0.5, 0.6) is 0 Å². The predicted octanol–water partition coefficient (Wildman–Crippen LogP) is 1.47. The third kappa shape index (κ3) is 2.12. The number of para-hydroxylation sites is 1. The van der Waals surface area contributed by atoms with Crippen molar-refractivity contribution in [3.63, 3.8) is 0 Å². The maximum atomic E-state index is 13.3. The van der Waals surface area contributed by atoms with Crippen LogP contribution in [0.4, 0.5) is 11.4 Å². The number of primary amides is 1. The summed E-state index contributed by atoms with van der Waals surface area (Å²) in [5, 5.41) is 24.3. The molecule has 1 saturated heterocycles. The number of carbonyl (C=O) groups excluding carboxylic acids is 2. The lowest BCUT2D eigenvalue weighted by atomic mass is 9.61. The number of nitrogens with zero attached hydrogens (tertiary/aromatic N) is 3. The lowest BCUT2D eigenvalue weighted by Gasteiger charge is -2.39. The van der Waals surface area contributed by atoms with Crippen LogP contribution in [0.15, 0.2) is 48.5 Å². The van der Waals surface area contributed by atoms with Gasteiger partial charge in [0.05, 0.1) is 11.0 Å². The van der Waals surface area contributed by atoms with Crippen molar-refractivity contribution in [2.45, 2.75) is 11.5 Å². The van der Waals surface area contributed by atoms with E-state index in [1.165, 1.54) is 18.2 Å². The molecule has 0 radical (unpaired) electrons. The minimum atomic E-state index is -1.96. The standard InChI is InChI=1S/C20H17N5O4/c1-24-10-15(12-5-4-6-13(9-12)25(28)29)19(11-21,17(22)26)20(24)14-7-2-3-8-16(14)23-18(20)27/h2-9,15H,10H2,1H3,(H2,22,26)(H,23,27). The Kier molecular flexibility index (Phi) is 3.92. The molecule has 3 unspecified atom stereocenters. The van der Waals surface area contributed by atoms with E-state index in [0.29, 0.717) is 16.8 Å². The Morgan fingerprint density at radius 3 is 2.72 bits per heavy atom. The Bertz CT molecular complexity index is 1110. The van der Waals surface area contributed by atoms with Crippen LogP contribution >= 0.6 is 0 Å². The van der Waals surface area contributed by atoms with Gasteiger partial charge in [0, 0.05) is 35.8 Å². The number of nitro benzene ring substituents is 1. The summed E-state index contributed by atoms with van der Waals surface area (Å²) in [4.78, 5) is 38.5. The van der Waals surface area contributed by atoms with E-state index in [9.17, 15) is 25.0 Å². The number of hydrogen-bond donors (Lipinski definition) is 2. The van der Waals surface area contributed by atoms with Gasteiger partial charge in [-0.05, 0) is 18.7 Å². The summed E-state index contributed by atoms with van der Waals surface area (Å²) in [6.07, 6.45) is 0. The molecular weight excluding hydrogens is 374 g/mol. The van der Waals surface area contributed by atoms with Gasteiger partial charge in [0.2, 0.25) is 5.91 Å². The van der Waals surface area contributed by atoms with Gasteiger partial charge in [-0.3, -0.25) is 24.6 Å². The number of nitriles is 1. The second kappa shape index (κ2) is 6.12. The van der Waals surface area contributed by atoms with E-state index in [-0.39, 0.29) is 12.2 Å². The summed E-state index contributed by atoms with van der Waals surface area (Å²) in [6, 6.07) is 14.7. The van der Waals surface area contributed by atoms with Crippen LogP contribution in [-0.2, 0) is 15.1 Å². The zero-order chi connectivity index (χ0) is 21.0. The number of benzene rings is 2. The Morgan fingerprint density at radius 1 is 1.34 bits per heavy atom. The van der Waals surface area contributed by atoms with Crippen LogP contribution in [0.1, 0.15) is 17.0 Å². The van der Waals surface area contributed by atoms with E-state index in [1.54, 1.807) is 42.3 Å². The molecule has 2 amide bonds.